The molecule has 0 spiro atoms. The van der Waals surface area contributed by atoms with Crippen LogP contribution in [-0.2, 0) is 19.7 Å². The Balaban J connectivity index is 2.29. The molecule has 0 amide bonds. The second-order valence-electron chi connectivity index (χ2n) is 7.54. The molecule has 14 heteroatoms. The van der Waals surface area contributed by atoms with Gasteiger partial charge >= 0.3 is 11.0 Å². The molecule has 4 aromatic carbocycles. The molecule has 36 heavy (non-hydrogen) atoms. The first-order valence-corrected chi connectivity index (χ1v) is 12.6. The molecule has 0 unspecified atom stereocenters. The maximum Gasteiger partial charge on any atom is 0.502 e. The molecule has 0 aliphatic heterocycles. The predicted octanol–water partition coefficient (Wildman–Crippen LogP) is 5.66. The third-order valence-electron chi connectivity index (χ3n) is 5.41. The van der Waals surface area contributed by atoms with Crippen LogP contribution in [0.4, 0.5) is 26.3 Å². The second-order valence-corrected chi connectivity index (χ2v) is 11.4. The number of hydrogen-bond acceptors (Lipinski definition) is 6. The number of alkyl halides is 6. The fourth-order valence-corrected chi connectivity index (χ4v) is 5.56. The summed E-state index contributed by atoms with van der Waals surface area (Å²) in [5.74, 6) is -3.07. The molecular formula is C22H12F6O6S2. The lowest BCUT2D eigenvalue weighted by molar-refractivity contribution is -0.0443. The Labute approximate surface area is 198 Å². The highest BCUT2D eigenvalue weighted by atomic mass is 32.2. The summed E-state index contributed by atoms with van der Waals surface area (Å²) in [5, 5.41) is 20.9. The van der Waals surface area contributed by atoms with E-state index < -0.39 is 63.1 Å². The highest BCUT2D eigenvalue weighted by molar-refractivity contribution is 7.92. The molecule has 2 N–H and O–H groups in total. The third-order valence-corrected chi connectivity index (χ3v) is 8.41. The Morgan fingerprint density at radius 2 is 0.861 bits per heavy atom. The monoisotopic (exact) mass is 550 g/mol. The summed E-state index contributed by atoms with van der Waals surface area (Å²) in [4.78, 5) is -3.26. The number of aromatic hydroxyl groups is 2. The van der Waals surface area contributed by atoms with E-state index in [1.807, 2.05) is 0 Å². The highest BCUT2D eigenvalue weighted by Gasteiger charge is 2.50. The maximum atomic E-state index is 13.4. The molecule has 0 radical (unpaired) electrons. The van der Waals surface area contributed by atoms with Crippen LogP contribution in [0.15, 0.2) is 70.5 Å². The smallest absolute Gasteiger partial charge is 0.502 e. The van der Waals surface area contributed by atoms with Gasteiger partial charge in [0.15, 0.2) is 0 Å². The van der Waals surface area contributed by atoms with Gasteiger partial charge in [-0.3, -0.25) is 0 Å². The van der Waals surface area contributed by atoms with Crippen LogP contribution in [0.25, 0.3) is 32.7 Å². The van der Waals surface area contributed by atoms with E-state index in [2.05, 4.69) is 0 Å². The van der Waals surface area contributed by atoms with Crippen LogP contribution in [0.2, 0.25) is 0 Å². The molecule has 4 aromatic rings. The van der Waals surface area contributed by atoms with Gasteiger partial charge in [0.05, 0.1) is 0 Å². The van der Waals surface area contributed by atoms with E-state index in [0.717, 1.165) is 0 Å². The molecule has 4 rings (SSSR count). The molecule has 0 fully saturated rings. The van der Waals surface area contributed by atoms with E-state index in [4.69, 9.17) is 0 Å². The van der Waals surface area contributed by atoms with Crippen LogP contribution in [0, 0.1) is 0 Å². The molecule has 0 aliphatic rings. The first-order chi connectivity index (χ1) is 16.5. The number of rotatable bonds is 3. The summed E-state index contributed by atoms with van der Waals surface area (Å²) >= 11 is 0. The van der Waals surface area contributed by atoms with E-state index in [9.17, 15) is 53.4 Å². The Morgan fingerprint density at radius 1 is 0.556 bits per heavy atom. The van der Waals surface area contributed by atoms with Crippen molar-refractivity contribution in [2.75, 3.05) is 0 Å². The fourth-order valence-electron chi connectivity index (χ4n) is 3.79. The van der Waals surface area contributed by atoms with Gasteiger partial charge in [0.2, 0.25) is 0 Å². The van der Waals surface area contributed by atoms with Crippen LogP contribution < -0.4 is 0 Å². The van der Waals surface area contributed by atoms with Crippen molar-refractivity contribution in [3.05, 3.63) is 60.7 Å². The SMILES string of the molecule is O=S(=O)(c1cc2ccccc2c(-c2c(O)c(S(=O)(=O)C(F)(F)F)cc3ccccc23)c1O)C(F)(F)F. The number of phenols is 2. The molecule has 0 aliphatic carbocycles. The first kappa shape index (κ1) is 25.6. The molecule has 0 aromatic heterocycles. The van der Waals surface area contributed by atoms with Crippen molar-refractivity contribution in [2.24, 2.45) is 0 Å². The second kappa shape index (κ2) is 8.00. The van der Waals surface area contributed by atoms with Crippen molar-refractivity contribution in [2.45, 2.75) is 20.8 Å². The third kappa shape index (κ3) is 3.71. The predicted molar refractivity (Wildman–Crippen MR) is 117 cm³/mol. The van der Waals surface area contributed by atoms with E-state index in [-0.39, 0.29) is 21.5 Å². The largest absolute Gasteiger partial charge is 0.506 e. The van der Waals surface area contributed by atoms with Crippen LogP contribution in [0.1, 0.15) is 0 Å². The van der Waals surface area contributed by atoms with E-state index in [1.54, 1.807) is 0 Å². The summed E-state index contributed by atoms with van der Waals surface area (Å²) in [5.41, 5.74) is -13.3. The molecule has 0 atom stereocenters. The highest BCUT2D eigenvalue weighted by Crippen LogP contribution is 2.51. The minimum Gasteiger partial charge on any atom is -0.506 e. The molecule has 0 saturated carbocycles. The zero-order valence-corrected chi connectivity index (χ0v) is 19.0. The van der Waals surface area contributed by atoms with Crippen LogP contribution in [0.5, 0.6) is 11.5 Å². The minimum absolute atomic E-state index is 0.168. The number of hydrogen-bond donors (Lipinski definition) is 2. The molecule has 190 valence electrons. The Kier molecular flexibility index (Phi) is 5.68. The first-order valence-electron chi connectivity index (χ1n) is 9.62. The van der Waals surface area contributed by atoms with Crippen LogP contribution in [0.3, 0.4) is 0 Å². The zero-order chi connectivity index (χ0) is 26.8. The van der Waals surface area contributed by atoms with Gasteiger partial charge in [0.25, 0.3) is 19.7 Å². The molecular weight excluding hydrogens is 538 g/mol. The van der Waals surface area contributed by atoms with Gasteiger partial charge in [-0.05, 0) is 33.7 Å². The van der Waals surface area contributed by atoms with E-state index in [1.165, 1.54) is 48.5 Å². The molecule has 0 heterocycles. The Hall–Kier alpha value is -3.52. The average molecular weight is 550 g/mol. The number of sulfone groups is 2. The standard InChI is InChI=1S/C22H12F6O6S2/c23-21(24,25)35(31,32)15-9-11-5-1-3-7-13(11)17(19(15)29)18-14-8-4-2-6-12(14)10-16(20(18)30)36(33,34)22(26,27)28/h1-10,29-30H. The normalized spacial score (nSPS) is 13.4. The van der Waals surface area contributed by atoms with Gasteiger partial charge < -0.3 is 10.2 Å². The van der Waals surface area contributed by atoms with Gasteiger partial charge in [-0.15, -0.1) is 0 Å². The topological polar surface area (TPSA) is 109 Å². The Morgan fingerprint density at radius 3 is 1.17 bits per heavy atom. The van der Waals surface area contributed by atoms with Crippen molar-refractivity contribution in [3.8, 4) is 22.6 Å². The van der Waals surface area contributed by atoms with Crippen LogP contribution >= 0.6 is 0 Å². The van der Waals surface area contributed by atoms with Gasteiger partial charge in [-0.1, -0.05) is 48.5 Å². The van der Waals surface area contributed by atoms with Crippen molar-refractivity contribution >= 4 is 41.2 Å². The van der Waals surface area contributed by atoms with Crippen molar-refractivity contribution in [1.82, 2.24) is 0 Å². The van der Waals surface area contributed by atoms with Crippen molar-refractivity contribution in [3.63, 3.8) is 0 Å². The lowest BCUT2D eigenvalue weighted by atomic mass is 9.92. The molecule has 0 saturated heterocycles. The molecule has 6 nitrogen and oxygen atoms in total. The van der Waals surface area contributed by atoms with Gasteiger partial charge in [0.1, 0.15) is 21.3 Å². The minimum atomic E-state index is -6.19. The Bertz CT molecular complexity index is 1630. The fraction of sp³-hybridized carbons (Fsp3) is 0.0909. The average Bonchev–Trinajstić information content (AvgIpc) is 2.77. The van der Waals surface area contributed by atoms with Crippen LogP contribution in [-0.4, -0.2) is 38.1 Å². The summed E-state index contributed by atoms with van der Waals surface area (Å²) in [6.45, 7) is 0. The van der Waals surface area contributed by atoms with E-state index >= 15 is 0 Å². The number of benzene rings is 4. The van der Waals surface area contributed by atoms with Crippen molar-refractivity contribution in [1.29, 1.82) is 0 Å². The lowest BCUT2D eigenvalue weighted by Gasteiger charge is -2.20. The number of fused-ring (bicyclic) bond motifs is 2. The number of halogens is 6. The van der Waals surface area contributed by atoms with Gasteiger partial charge in [0, 0.05) is 11.1 Å². The summed E-state index contributed by atoms with van der Waals surface area (Å²) in [6.07, 6.45) is 0. The number of phenolic OH excluding ortho intramolecular Hbond substituents is 2. The maximum absolute atomic E-state index is 13.4. The van der Waals surface area contributed by atoms with Gasteiger partial charge in [-0.25, -0.2) is 16.8 Å². The summed E-state index contributed by atoms with van der Waals surface area (Å²) in [6, 6.07) is 11.1. The summed E-state index contributed by atoms with van der Waals surface area (Å²) in [7, 11) is -12.4. The molecule has 0 bridgehead atoms. The zero-order valence-electron chi connectivity index (χ0n) is 17.4. The van der Waals surface area contributed by atoms with Crippen molar-refractivity contribution < 1.29 is 53.4 Å². The lowest BCUT2D eigenvalue weighted by Crippen LogP contribution is -2.24. The quantitative estimate of drug-likeness (QED) is 0.319. The van der Waals surface area contributed by atoms with Gasteiger partial charge in [-0.2, -0.15) is 26.3 Å². The summed E-state index contributed by atoms with van der Waals surface area (Å²) < 4.78 is 129. The van der Waals surface area contributed by atoms with E-state index in [0.29, 0.717) is 12.1 Å².